The fourth-order valence-corrected chi connectivity index (χ4v) is 5.02. The minimum absolute atomic E-state index is 0.0548. The van der Waals surface area contributed by atoms with Crippen LogP contribution < -0.4 is 11.1 Å². The number of para-hydroxylation sites is 2. The lowest BCUT2D eigenvalue weighted by molar-refractivity contribution is -0.384. The molecule has 0 atom stereocenters. The summed E-state index contributed by atoms with van der Waals surface area (Å²) in [6.45, 7) is 3.56. The molecule has 0 aliphatic carbocycles. The highest BCUT2D eigenvalue weighted by atomic mass is 16.6. The van der Waals surface area contributed by atoms with Gasteiger partial charge in [-0.05, 0) is 50.2 Å². The van der Waals surface area contributed by atoms with Crippen molar-refractivity contribution in [3.8, 4) is 17.1 Å². The van der Waals surface area contributed by atoms with Crippen LogP contribution in [-0.2, 0) is 0 Å². The third-order valence-corrected chi connectivity index (χ3v) is 6.97. The van der Waals surface area contributed by atoms with Gasteiger partial charge in [-0.25, -0.2) is 14.0 Å². The molecule has 6 rings (SSSR count). The van der Waals surface area contributed by atoms with Gasteiger partial charge in [-0.1, -0.05) is 41.6 Å². The maximum Gasteiger partial charge on any atom is 0.275 e. The number of nitro benzene ring substituents is 1. The number of aryl methyl sites for hydroxylation is 2. The zero-order chi connectivity index (χ0) is 28.7. The van der Waals surface area contributed by atoms with Crippen LogP contribution in [0.15, 0.2) is 101 Å². The molecule has 204 valence electrons. The normalized spacial score (nSPS) is 11.3. The molecule has 0 saturated carbocycles. The number of H-pyrrole nitrogens is 2. The second kappa shape index (κ2) is 10.1. The van der Waals surface area contributed by atoms with Crippen LogP contribution >= 0.6 is 0 Å². The Morgan fingerprint density at radius 1 is 0.732 bits per heavy atom. The number of nitrogens with zero attached hydrogens (tertiary/aromatic N) is 6. The highest BCUT2D eigenvalue weighted by molar-refractivity contribution is 5.46. The number of rotatable bonds is 7. The van der Waals surface area contributed by atoms with Gasteiger partial charge < -0.3 is 0 Å². The van der Waals surface area contributed by atoms with E-state index in [1.807, 2.05) is 60.7 Å². The lowest BCUT2D eigenvalue weighted by Crippen LogP contribution is -2.25. The van der Waals surface area contributed by atoms with Gasteiger partial charge in [-0.2, -0.15) is 0 Å². The maximum atomic E-state index is 13.9. The molecule has 0 aliphatic rings. The molecule has 0 aliphatic heterocycles. The zero-order valence-corrected chi connectivity index (χ0v) is 22.1. The Balaban J connectivity index is 1.55. The molecule has 0 bridgehead atoms. The van der Waals surface area contributed by atoms with E-state index in [0.29, 0.717) is 45.3 Å². The molecule has 12 heteroatoms. The van der Waals surface area contributed by atoms with Crippen molar-refractivity contribution in [2.75, 3.05) is 0 Å². The number of benzene rings is 3. The molecule has 0 spiro atoms. The van der Waals surface area contributed by atoms with Gasteiger partial charge in [0.05, 0.1) is 50.9 Å². The van der Waals surface area contributed by atoms with Gasteiger partial charge in [0.15, 0.2) is 0 Å². The first-order valence-corrected chi connectivity index (χ1v) is 12.7. The van der Waals surface area contributed by atoms with E-state index in [1.54, 1.807) is 32.2 Å². The third-order valence-electron chi connectivity index (χ3n) is 6.97. The minimum Gasteiger partial charge on any atom is -0.295 e. The van der Waals surface area contributed by atoms with E-state index in [-0.39, 0.29) is 16.8 Å². The van der Waals surface area contributed by atoms with Crippen molar-refractivity contribution in [2.24, 2.45) is 0 Å². The van der Waals surface area contributed by atoms with E-state index in [9.17, 15) is 19.7 Å². The summed E-state index contributed by atoms with van der Waals surface area (Å²) in [7, 11) is 0. The highest BCUT2D eigenvalue weighted by Crippen LogP contribution is 2.31. The predicted molar refractivity (Wildman–Crippen MR) is 151 cm³/mol. The quantitative estimate of drug-likeness (QED) is 0.228. The van der Waals surface area contributed by atoms with Gasteiger partial charge >= 0.3 is 0 Å². The average molecular weight is 549 g/mol. The van der Waals surface area contributed by atoms with Crippen LogP contribution in [0.4, 0.5) is 5.69 Å². The number of nitrogens with one attached hydrogen (secondary N) is 2. The van der Waals surface area contributed by atoms with Gasteiger partial charge in [0.1, 0.15) is 0 Å². The lowest BCUT2D eigenvalue weighted by atomic mass is 9.89. The first-order valence-electron chi connectivity index (χ1n) is 12.7. The largest absolute Gasteiger partial charge is 0.295 e. The second-order valence-electron chi connectivity index (χ2n) is 9.55. The van der Waals surface area contributed by atoms with Crippen LogP contribution in [-0.4, -0.2) is 39.5 Å². The van der Waals surface area contributed by atoms with E-state index in [1.165, 1.54) is 26.2 Å². The number of hydrogen-bond acceptors (Lipinski definition) is 6. The van der Waals surface area contributed by atoms with Crippen LogP contribution in [0.3, 0.4) is 0 Å². The number of nitro groups is 1. The standard InChI is InChI=1S/C29H24N8O4/c1-18-25(28(38)35(31-18)21-9-5-3-6-10-21)27(26-19(2)32-36(29(26)39)22-11-7-4-8-12-22)24-17-34(33-30-24)20-13-15-23(16-14-20)37(40)41/h3-17,27,31-32H,1-2H3. The smallest absolute Gasteiger partial charge is 0.275 e. The van der Waals surface area contributed by atoms with Crippen molar-refractivity contribution in [3.63, 3.8) is 0 Å². The Hall–Kier alpha value is -5.78. The summed E-state index contributed by atoms with van der Waals surface area (Å²) in [5.41, 5.74) is 3.33. The molecule has 0 radical (unpaired) electrons. The fourth-order valence-electron chi connectivity index (χ4n) is 5.02. The highest BCUT2D eigenvalue weighted by Gasteiger charge is 2.33. The van der Waals surface area contributed by atoms with Crippen molar-refractivity contribution in [3.05, 3.63) is 150 Å². The topological polar surface area (TPSA) is 149 Å². The van der Waals surface area contributed by atoms with Gasteiger partial charge in [-0.15, -0.1) is 5.10 Å². The summed E-state index contributed by atoms with van der Waals surface area (Å²) >= 11 is 0. The number of hydrogen-bond donors (Lipinski definition) is 2. The molecule has 3 aromatic carbocycles. The summed E-state index contributed by atoms with van der Waals surface area (Å²) in [6.07, 6.45) is 1.63. The Labute approximate surface area is 232 Å². The van der Waals surface area contributed by atoms with E-state index in [2.05, 4.69) is 20.5 Å². The van der Waals surface area contributed by atoms with Crippen molar-refractivity contribution in [1.82, 2.24) is 34.6 Å². The summed E-state index contributed by atoms with van der Waals surface area (Å²) in [4.78, 5) is 38.5. The Morgan fingerprint density at radius 2 is 1.22 bits per heavy atom. The van der Waals surface area contributed by atoms with E-state index in [4.69, 9.17) is 0 Å². The molecular weight excluding hydrogens is 524 g/mol. The van der Waals surface area contributed by atoms with Crippen molar-refractivity contribution >= 4 is 5.69 Å². The number of aromatic amines is 2. The van der Waals surface area contributed by atoms with E-state index < -0.39 is 10.8 Å². The Kier molecular flexibility index (Phi) is 6.27. The molecule has 6 aromatic rings. The fraction of sp³-hybridized carbons (Fsp3) is 0.103. The van der Waals surface area contributed by atoms with Crippen molar-refractivity contribution in [1.29, 1.82) is 0 Å². The molecule has 3 aromatic heterocycles. The summed E-state index contributed by atoms with van der Waals surface area (Å²) < 4.78 is 4.34. The van der Waals surface area contributed by atoms with Crippen LogP contribution in [0.1, 0.15) is 34.1 Å². The Morgan fingerprint density at radius 3 is 1.68 bits per heavy atom. The molecule has 2 N–H and O–H groups in total. The van der Waals surface area contributed by atoms with Crippen molar-refractivity contribution in [2.45, 2.75) is 19.8 Å². The van der Waals surface area contributed by atoms with Crippen molar-refractivity contribution < 1.29 is 4.92 Å². The number of non-ortho nitro benzene ring substituents is 1. The zero-order valence-electron chi connectivity index (χ0n) is 22.1. The molecule has 12 nitrogen and oxygen atoms in total. The van der Waals surface area contributed by atoms with Gasteiger partial charge in [0.2, 0.25) is 0 Å². The molecule has 41 heavy (non-hydrogen) atoms. The predicted octanol–water partition coefficient (Wildman–Crippen LogP) is 3.93. The van der Waals surface area contributed by atoms with Gasteiger partial charge in [-0.3, -0.25) is 29.9 Å². The first-order chi connectivity index (χ1) is 19.8. The molecule has 0 fully saturated rings. The lowest BCUT2D eigenvalue weighted by Gasteiger charge is -2.12. The maximum absolute atomic E-state index is 13.9. The Bertz CT molecular complexity index is 1880. The molecule has 0 saturated heterocycles. The second-order valence-corrected chi connectivity index (χ2v) is 9.55. The SMILES string of the molecule is Cc1[nH]n(-c2ccccc2)c(=O)c1C(c1cn(-c2ccc([N+](=O)[O-])cc2)nn1)c1c(C)[nH]n(-c2ccccc2)c1=O. The van der Waals surface area contributed by atoms with Crippen LogP contribution in [0.2, 0.25) is 0 Å². The summed E-state index contributed by atoms with van der Waals surface area (Å²) in [6, 6.07) is 24.2. The van der Waals surface area contributed by atoms with Gasteiger partial charge in [0.25, 0.3) is 16.8 Å². The minimum atomic E-state index is -0.871. The van der Waals surface area contributed by atoms with Crippen LogP contribution in [0.5, 0.6) is 0 Å². The van der Waals surface area contributed by atoms with E-state index in [0.717, 1.165) is 0 Å². The average Bonchev–Trinajstić information content (AvgIpc) is 3.67. The molecular formula is C29H24N8O4. The first kappa shape index (κ1) is 25.5. The van der Waals surface area contributed by atoms with Gasteiger partial charge in [0, 0.05) is 23.5 Å². The molecule has 3 heterocycles. The number of aromatic nitrogens is 7. The molecule has 0 amide bonds. The van der Waals surface area contributed by atoms with Crippen LogP contribution in [0, 0.1) is 24.0 Å². The van der Waals surface area contributed by atoms with Crippen LogP contribution in [0.25, 0.3) is 17.1 Å². The monoisotopic (exact) mass is 548 g/mol. The summed E-state index contributed by atoms with van der Waals surface area (Å²) in [5, 5.41) is 26.0. The third kappa shape index (κ3) is 4.46. The summed E-state index contributed by atoms with van der Waals surface area (Å²) in [5.74, 6) is -0.871. The van der Waals surface area contributed by atoms with E-state index >= 15 is 0 Å². The molecule has 0 unspecified atom stereocenters.